The second-order valence-corrected chi connectivity index (χ2v) is 4.59. The van der Waals surface area contributed by atoms with Gasteiger partial charge >= 0.3 is 7.80 Å². The number of rotatable bonds is 2. The van der Waals surface area contributed by atoms with Crippen molar-refractivity contribution in [1.82, 2.24) is 0 Å². The van der Waals surface area contributed by atoms with E-state index in [1.165, 1.54) is 0 Å². The van der Waals surface area contributed by atoms with E-state index in [1.807, 2.05) is 60.7 Å². The summed E-state index contributed by atoms with van der Waals surface area (Å²) >= 11 is 0. The molecule has 0 saturated carbocycles. The fourth-order valence-corrected chi connectivity index (χ4v) is 2.46. The van der Waals surface area contributed by atoms with Gasteiger partial charge in [-0.1, -0.05) is 41.0 Å². The van der Waals surface area contributed by atoms with Gasteiger partial charge in [0.15, 0.2) is 10.6 Å². The molecule has 0 bridgehead atoms. The first-order chi connectivity index (χ1) is 6.88. The maximum atomic E-state index is 12.0. The molecular formula is C12H10OPPb+. The van der Waals surface area contributed by atoms with Gasteiger partial charge in [0.25, 0.3) is 0 Å². The summed E-state index contributed by atoms with van der Waals surface area (Å²) in [5.74, 6) is 0. The van der Waals surface area contributed by atoms with Crippen molar-refractivity contribution in [1.29, 1.82) is 0 Å². The average Bonchev–Trinajstić information content (AvgIpc) is 2.30. The molecule has 0 fully saturated rings. The van der Waals surface area contributed by atoms with Crippen molar-refractivity contribution in [2.75, 3.05) is 0 Å². The molecule has 0 unspecified atom stereocenters. The predicted molar refractivity (Wildman–Crippen MR) is 65.5 cm³/mol. The Morgan fingerprint density at radius 1 is 0.667 bits per heavy atom. The third kappa shape index (κ3) is 3.21. The summed E-state index contributed by atoms with van der Waals surface area (Å²) in [5.41, 5.74) is 0. The van der Waals surface area contributed by atoms with Gasteiger partial charge in [0, 0.05) is 27.3 Å². The molecule has 2 aromatic carbocycles. The molecule has 0 aliphatic rings. The minimum absolute atomic E-state index is 0. The molecule has 0 atom stereocenters. The van der Waals surface area contributed by atoms with Crippen LogP contribution in [-0.2, 0) is 4.57 Å². The zero-order valence-corrected chi connectivity index (χ0v) is 12.9. The standard InChI is InChI=1S/C12H10OP.Pb/c13-14(11-7-3-1-4-8-11)12-9-5-2-6-10-12;/h1-10H;/q+1;. The molecular weight excluding hydrogens is 398 g/mol. The van der Waals surface area contributed by atoms with Gasteiger partial charge < -0.3 is 0 Å². The van der Waals surface area contributed by atoms with E-state index in [2.05, 4.69) is 0 Å². The third-order valence-electron chi connectivity index (χ3n) is 1.98. The third-order valence-corrected chi connectivity index (χ3v) is 3.52. The molecule has 0 spiro atoms. The van der Waals surface area contributed by atoms with Crippen LogP contribution < -0.4 is 10.6 Å². The first kappa shape index (κ1) is 12.5. The summed E-state index contributed by atoms with van der Waals surface area (Å²) in [7, 11) is -1.42. The van der Waals surface area contributed by atoms with E-state index in [9.17, 15) is 4.57 Å². The average molecular weight is 408 g/mol. The normalized spacial score (nSPS) is 9.07. The Morgan fingerprint density at radius 3 is 1.33 bits per heavy atom. The largest absolute Gasteiger partial charge is 0.415 e. The summed E-state index contributed by atoms with van der Waals surface area (Å²) in [6, 6.07) is 19.1. The molecule has 72 valence electrons. The predicted octanol–water partition coefficient (Wildman–Crippen LogP) is 2.08. The summed E-state index contributed by atoms with van der Waals surface area (Å²) in [6.45, 7) is 0. The van der Waals surface area contributed by atoms with E-state index in [1.54, 1.807) is 0 Å². The smallest absolute Gasteiger partial charge is 0.0619 e. The van der Waals surface area contributed by atoms with Crippen molar-refractivity contribution < 1.29 is 4.57 Å². The fraction of sp³-hybridized carbons (Fsp3) is 0. The topological polar surface area (TPSA) is 17.1 Å². The van der Waals surface area contributed by atoms with Crippen molar-refractivity contribution >= 4 is 45.7 Å². The van der Waals surface area contributed by atoms with Crippen molar-refractivity contribution in [2.45, 2.75) is 0 Å². The maximum Gasteiger partial charge on any atom is 0.415 e. The van der Waals surface area contributed by atoms with E-state index in [4.69, 9.17) is 0 Å². The summed E-state index contributed by atoms with van der Waals surface area (Å²) < 4.78 is 12.0. The van der Waals surface area contributed by atoms with Crippen LogP contribution >= 0.6 is 7.80 Å². The Labute approximate surface area is 110 Å². The molecule has 3 heteroatoms. The first-order valence-electron chi connectivity index (χ1n) is 4.45. The van der Waals surface area contributed by atoms with Crippen LogP contribution in [0.5, 0.6) is 0 Å². The van der Waals surface area contributed by atoms with Crippen LogP contribution in [0, 0.1) is 0 Å². The van der Waals surface area contributed by atoms with Gasteiger partial charge in [0.1, 0.15) is 0 Å². The summed E-state index contributed by atoms with van der Waals surface area (Å²) in [4.78, 5) is 0. The summed E-state index contributed by atoms with van der Waals surface area (Å²) in [5, 5.41) is 1.77. The van der Waals surface area contributed by atoms with Gasteiger partial charge in [-0.2, -0.15) is 0 Å². The molecule has 0 heterocycles. The molecule has 0 saturated heterocycles. The van der Waals surface area contributed by atoms with Crippen LogP contribution in [0.2, 0.25) is 0 Å². The van der Waals surface area contributed by atoms with E-state index >= 15 is 0 Å². The molecule has 2 rings (SSSR count). The molecule has 4 radical (unpaired) electrons. The van der Waals surface area contributed by atoms with Crippen LogP contribution in [0.25, 0.3) is 0 Å². The monoisotopic (exact) mass is 409 g/mol. The van der Waals surface area contributed by atoms with Crippen LogP contribution in [-0.4, -0.2) is 27.3 Å². The number of hydrogen-bond donors (Lipinski definition) is 0. The molecule has 0 amide bonds. The molecule has 1 nitrogen and oxygen atoms in total. The zero-order valence-electron chi connectivity index (χ0n) is 8.13. The second kappa shape index (κ2) is 6.13. The minimum atomic E-state index is -1.42. The van der Waals surface area contributed by atoms with Gasteiger partial charge in [0.05, 0.1) is 0 Å². The Kier molecular flexibility index (Phi) is 5.12. The van der Waals surface area contributed by atoms with Crippen molar-refractivity contribution in [3.8, 4) is 0 Å². The SMILES string of the molecule is O=[P+](c1ccccc1)c1ccccc1.[Pb]. The van der Waals surface area contributed by atoms with Gasteiger partial charge in [-0.05, 0) is 24.3 Å². The molecule has 0 aromatic heterocycles. The Bertz CT molecular complexity index is 386. The minimum Gasteiger partial charge on any atom is -0.0619 e. The maximum absolute atomic E-state index is 12.0. The Hall–Kier alpha value is -0.538. The zero-order chi connectivity index (χ0) is 9.80. The number of benzene rings is 2. The van der Waals surface area contributed by atoms with E-state index in [0.29, 0.717) is 0 Å². The fourth-order valence-electron chi connectivity index (χ4n) is 1.28. The van der Waals surface area contributed by atoms with Gasteiger partial charge in [-0.15, -0.1) is 0 Å². The van der Waals surface area contributed by atoms with E-state index < -0.39 is 7.80 Å². The quantitative estimate of drug-likeness (QED) is 0.550. The molecule has 0 N–H and O–H groups in total. The second-order valence-electron chi connectivity index (χ2n) is 2.97. The van der Waals surface area contributed by atoms with Gasteiger partial charge in [0.2, 0.25) is 0 Å². The Morgan fingerprint density at radius 2 is 1.00 bits per heavy atom. The number of hydrogen-bond acceptors (Lipinski definition) is 1. The van der Waals surface area contributed by atoms with Crippen molar-refractivity contribution in [3.63, 3.8) is 0 Å². The van der Waals surface area contributed by atoms with Crippen molar-refractivity contribution in [2.24, 2.45) is 0 Å². The molecule has 2 aromatic rings. The molecule has 15 heavy (non-hydrogen) atoms. The first-order valence-corrected chi connectivity index (χ1v) is 5.71. The van der Waals surface area contributed by atoms with Crippen molar-refractivity contribution in [3.05, 3.63) is 60.7 Å². The van der Waals surface area contributed by atoms with Gasteiger partial charge in [-0.3, -0.25) is 0 Å². The molecule has 0 aliphatic heterocycles. The van der Waals surface area contributed by atoms with Crippen LogP contribution in [0.15, 0.2) is 60.7 Å². The van der Waals surface area contributed by atoms with E-state index in [0.717, 1.165) is 10.6 Å². The Balaban J connectivity index is 0.00000112. The van der Waals surface area contributed by atoms with Crippen LogP contribution in [0.1, 0.15) is 0 Å². The molecule has 0 aliphatic carbocycles. The van der Waals surface area contributed by atoms with E-state index in [-0.39, 0.29) is 27.3 Å². The summed E-state index contributed by atoms with van der Waals surface area (Å²) in [6.07, 6.45) is 0. The van der Waals surface area contributed by atoms with Gasteiger partial charge in [-0.25, -0.2) is 0 Å². The van der Waals surface area contributed by atoms with Crippen LogP contribution in [0.4, 0.5) is 0 Å². The van der Waals surface area contributed by atoms with Crippen LogP contribution in [0.3, 0.4) is 0 Å².